The van der Waals surface area contributed by atoms with Crippen molar-refractivity contribution in [2.75, 3.05) is 7.11 Å². The van der Waals surface area contributed by atoms with Crippen molar-refractivity contribution in [1.29, 1.82) is 0 Å². The van der Waals surface area contributed by atoms with E-state index in [4.69, 9.17) is 14.2 Å². The van der Waals surface area contributed by atoms with Gasteiger partial charge in [0.1, 0.15) is 17.1 Å². The number of rotatable bonds is 2. The lowest BCUT2D eigenvalue weighted by molar-refractivity contribution is -0.222. The molecule has 0 saturated carbocycles. The predicted molar refractivity (Wildman–Crippen MR) is 68.9 cm³/mol. The average Bonchev–Trinajstić information content (AvgIpc) is 2.34. The normalized spacial score (nSPS) is 17.2. The van der Waals surface area contributed by atoms with Crippen LogP contribution < -0.4 is 4.74 Å². The van der Waals surface area contributed by atoms with Gasteiger partial charge >= 0.3 is 11.9 Å². The summed E-state index contributed by atoms with van der Waals surface area (Å²) in [4.78, 5) is 23.6. The first kappa shape index (κ1) is 13.9. The largest absolute Gasteiger partial charge is 0.508 e. The molecule has 106 valence electrons. The molecule has 1 fully saturated rings. The van der Waals surface area contributed by atoms with Crippen LogP contribution in [0.25, 0.3) is 6.08 Å². The number of hydrogen-bond donors (Lipinski definition) is 1. The van der Waals surface area contributed by atoms with Gasteiger partial charge in [-0.15, -0.1) is 0 Å². The van der Waals surface area contributed by atoms with Crippen molar-refractivity contribution in [3.63, 3.8) is 0 Å². The maximum atomic E-state index is 11.8. The molecule has 0 spiro atoms. The van der Waals surface area contributed by atoms with Crippen LogP contribution in [-0.2, 0) is 19.1 Å². The Kier molecular flexibility index (Phi) is 3.40. The molecule has 0 unspecified atom stereocenters. The molecule has 0 amide bonds. The van der Waals surface area contributed by atoms with E-state index in [-0.39, 0.29) is 11.3 Å². The van der Waals surface area contributed by atoms with Crippen molar-refractivity contribution in [2.45, 2.75) is 19.6 Å². The Bertz CT molecular complexity index is 578. The summed E-state index contributed by atoms with van der Waals surface area (Å²) in [5, 5.41) is 9.36. The lowest BCUT2D eigenvalue weighted by Crippen LogP contribution is -2.41. The Morgan fingerprint density at radius 1 is 1.20 bits per heavy atom. The van der Waals surface area contributed by atoms with Crippen molar-refractivity contribution in [3.8, 4) is 11.5 Å². The lowest BCUT2D eigenvalue weighted by Gasteiger charge is -2.29. The molecule has 20 heavy (non-hydrogen) atoms. The monoisotopic (exact) mass is 278 g/mol. The van der Waals surface area contributed by atoms with Crippen molar-refractivity contribution in [3.05, 3.63) is 29.3 Å². The van der Waals surface area contributed by atoms with Gasteiger partial charge in [0, 0.05) is 25.5 Å². The molecule has 1 N–H and O–H groups in total. The van der Waals surface area contributed by atoms with Crippen LogP contribution in [0.5, 0.6) is 11.5 Å². The molecule has 6 nitrogen and oxygen atoms in total. The molecule has 1 aliphatic rings. The van der Waals surface area contributed by atoms with Crippen LogP contribution >= 0.6 is 0 Å². The summed E-state index contributed by atoms with van der Waals surface area (Å²) in [5.41, 5.74) is 0.224. The van der Waals surface area contributed by atoms with Gasteiger partial charge in [-0.25, -0.2) is 9.59 Å². The minimum absolute atomic E-state index is 0.0129. The maximum absolute atomic E-state index is 11.8. The molecule has 1 aromatic carbocycles. The van der Waals surface area contributed by atoms with Gasteiger partial charge in [-0.2, -0.15) is 0 Å². The van der Waals surface area contributed by atoms with E-state index >= 15 is 0 Å². The highest BCUT2D eigenvalue weighted by Gasteiger charge is 2.38. The predicted octanol–water partition coefficient (Wildman–Crippen LogP) is 1.62. The van der Waals surface area contributed by atoms with E-state index in [9.17, 15) is 14.7 Å². The minimum Gasteiger partial charge on any atom is -0.508 e. The van der Waals surface area contributed by atoms with Gasteiger partial charge in [0.2, 0.25) is 0 Å². The average molecular weight is 278 g/mol. The van der Waals surface area contributed by atoms with Gasteiger partial charge in [0.25, 0.3) is 5.79 Å². The fourth-order valence-electron chi connectivity index (χ4n) is 1.75. The molecular weight excluding hydrogens is 264 g/mol. The standard InChI is InChI=1S/C14H14O6/c1-14(2)19-12(16)10(13(17)20-14)6-8-4-5-9(15)7-11(8)18-3/h4-7,15H,1-3H3. The molecule has 0 radical (unpaired) electrons. The van der Waals surface area contributed by atoms with Gasteiger partial charge < -0.3 is 19.3 Å². The Balaban J connectivity index is 2.41. The highest BCUT2D eigenvalue weighted by Crippen LogP contribution is 2.29. The van der Waals surface area contributed by atoms with Crippen LogP contribution in [0.2, 0.25) is 0 Å². The van der Waals surface area contributed by atoms with Gasteiger partial charge in [0.15, 0.2) is 0 Å². The summed E-state index contributed by atoms with van der Waals surface area (Å²) in [6, 6.07) is 4.30. The van der Waals surface area contributed by atoms with E-state index in [1.54, 1.807) is 0 Å². The third-order valence-electron chi connectivity index (χ3n) is 2.63. The number of methoxy groups -OCH3 is 1. The van der Waals surface area contributed by atoms with E-state index in [0.29, 0.717) is 11.3 Å². The number of phenolic OH excluding ortho intramolecular Hbond substituents is 1. The summed E-state index contributed by atoms with van der Waals surface area (Å²) >= 11 is 0. The molecule has 6 heteroatoms. The van der Waals surface area contributed by atoms with Gasteiger partial charge in [0.05, 0.1) is 7.11 Å². The number of hydrogen-bond acceptors (Lipinski definition) is 6. The SMILES string of the molecule is COc1cc(O)ccc1C=C1C(=O)OC(C)(C)OC1=O. The number of benzene rings is 1. The Morgan fingerprint density at radius 3 is 2.35 bits per heavy atom. The van der Waals surface area contributed by atoms with Crippen molar-refractivity contribution in [2.24, 2.45) is 0 Å². The number of aromatic hydroxyl groups is 1. The zero-order valence-corrected chi connectivity index (χ0v) is 11.3. The summed E-state index contributed by atoms with van der Waals surface area (Å²) in [7, 11) is 1.41. The number of ether oxygens (including phenoxy) is 3. The second-order valence-electron chi connectivity index (χ2n) is 4.66. The van der Waals surface area contributed by atoms with Crippen LogP contribution in [-0.4, -0.2) is 29.9 Å². The first-order chi connectivity index (χ1) is 9.32. The van der Waals surface area contributed by atoms with Crippen LogP contribution in [0.4, 0.5) is 0 Å². The van der Waals surface area contributed by atoms with Crippen molar-refractivity contribution in [1.82, 2.24) is 0 Å². The second kappa shape index (κ2) is 4.88. The fourth-order valence-corrected chi connectivity index (χ4v) is 1.75. The Morgan fingerprint density at radius 2 is 1.80 bits per heavy atom. The first-order valence-corrected chi connectivity index (χ1v) is 5.88. The molecule has 0 aromatic heterocycles. The molecule has 1 saturated heterocycles. The number of phenols is 1. The number of carbonyl (C=O) groups excluding carboxylic acids is 2. The third kappa shape index (κ3) is 2.74. The van der Waals surface area contributed by atoms with Crippen LogP contribution in [0, 0.1) is 0 Å². The molecule has 0 aliphatic carbocycles. The van der Waals surface area contributed by atoms with E-state index in [1.165, 1.54) is 45.2 Å². The lowest BCUT2D eigenvalue weighted by atomic mass is 10.1. The molecule has 1 aromatic rings. The number of carbonyl (C=O) groups is 2. The number of cyclic esters (lactones) is 2. The first-order valence-electron chi connectivity index (χ1n) is 5.88. The second-order valence-corrected chi connectivity index (χ2v) is 4.66. The topological polar surface area (TPSA) is 82.1 Å². The van der Waals surface area contributed by atoms with E-state index in [0.717, 1.165) is 0 Å². The number of esters is 2. The van der Waals surface area contributed by atoms with Crippen LogP contribution in [0.3, 0.4) is 0 Å². The summed E-state index contributed by atoms with van der Waals surface area (Å²) in [5.74, 6) is -2.46. The van der Waals surface area contributed by atoms with Crippen LogP contribution in [0.15, 0.2) is 23.8 Å². The van der Waals surface area contributed by atoms with Crippen molar-refractivity contribution >= 4 is 18.0 Å². The molecule has 0 atom stereocenters. The van der Waals surface area contributed by atoms with E-state index in [2.05, 4.69) is 0 Å². The summed E-state index contributed by atoms with van der Waals surface area (Å²) in [6.07, 6.45) is 1.30. The van der Waals surface area contributed by atoms with E-state index in [1.807, 2.05) is 0 Å². The highest BCUT2D eigenvalue weighted by atomic mass is 16.7. The van der Waals surface area contributed by atoms with Gasteiger partial charge in [-0.05, 0) is 18.2 Å². The summed E-state index contributed by atoms with van der Waals surface area (Å²) < 4.78 is 15.0. The van der Waals surface area contributed by atoms with Crippen molar-refractivity contribution < 1.29 is 28.9 Å². The Labute approximate surface area is 115 Å². The molecule has 0 bridgehead atoms. The van der Waals surface area contributed by atoms with Crippen LogP contribution in [0.1, 0.15) is 19.4 Å². The Hall–Kier alpha value is -2.50. The maximum Gasteiger partial charge on any atom is 0.348 e. The third-order valence-corrected chi connectivity index (χ3v) is 2.63. The quantitative estimate of drug-likeness (QED) is 0.503. The fraction of sp³-hybridized carbons (Fsp3) is 0.286. The molecular formula is C14H14O6. The van der Waals surface area contributed by atoms with Gasteiger partial charge in [-0.3, -0.25) is 0 Å². The van der Waals surface area contributed by atoms with Gasteiger partial charge in [-0.1, -0.05) is 0 Å². The minimum atomic E-state index is -1.27. The highest BCUT2D eigenvalue weighted by molar-refractivity contribution is 6.19. The molecule has 1 aliphatic heterocycles. The summed E-state index contributed by atoms with van der Waals surface area (Å²) in [6.45, 7) is 2.95. The molecule has 1 heterocycles. The van der Waals surface area contributed by atoms with E-state index < -0.39 is 17.7 Å². The molecule has 2 rings (SSSR count). The smallest absolute Gasteiger partial charge is 0.348 e. The zero-order chi connectivity index (χ0) is 14.9. The zero-order valence-electron chi connectivity index (χ0n) is 11.3.